The van der Waals surface area contributed by atoms with Gasteiger partial charge < -0.3 is 10.5 Å². The lowest BCUT2D eigenvalue weighted by atomic mass is 10.1. The number of aryl methyl sites for hydroxylation is 2. The van der Waals surface area contributed by atoms with Gasteiger partial charge in [0.1, 0.15) is 0 Å². The summed E-state index contributed by atoms with van der Waals surface area (Å²) in [7, 11) is 0. The van der Waals surface area contributed by atoms with E-state index >= 15 is 0 Å². The van der Waals surface area contributed by atoms with Gasteiger partial charge in [-0.25, -0.2) is 0 Å². The summed E-state index contributed by atoms with van der Waals surface area (Å²) in [6.07, 6.45) is 3.35. The van der Waals surface area contributed by atoms with E-state index in [1.165, 1.54) is 17.5 Å². The lowest BCUT2D eigenvalue weighted by Gasteiger charge is -2.08. The van der Waals surface area contributed by atoms with Crippen molar-refractivity contribution in [2.24, 2.45) is 5.16 Å². The van der Waals surface area contributed by atoms with Crippen molar-refractivity contribution >= 4 is 17.3 Å². The zero-order valence-electron chi connectivity index (χ0n) is 12.5. The van der Waals surface area contributed by atoms with Crippen LogP contribution in [0.25, 0.3) is 0 Å². The Kier molecular flexibility index (Phi) is 3.92. The molecular weight excluding hydrogens is 276 g/mol. The van der Waals surface area contributed by atoms with Crippen LogP contribution in [0.15, 0.2) is 47.6 Å². The van der Waals surface area contributed by atoms with Crippen molar-refractivity contribution < 1.29 is 10.0 Å². The van der Waals surface area contributed by atoms with E-state index in [0.29, 0.717) is 11.3 Å². The number of nitrogens with one attached hydrogen (secondary N) is 1. The summed E-state index contributed by atoms with van der Waals surface area (Å²) >= 11 is 0. The van der Waals surface area contributed by atoms with Gasteiger partial charge >= 0.3 is 0 Å². The minimum Gasteiger partial charge on any atom is -0.411 e. The zero-order valence-corrected chi connectivity index (χ0v) is 12.5. The Labute approximate surface area is 129 Å². The quantitative estimate of drug-likeness (QED) is 0.516. The molecule has 0 heterocycles. The van der Waals surface area contributed by atoms with Crippen molar-refractivity contribution in [1.29, 1.82) is 0 Å². The molecular formula is C18H18N2O2. The number of carbonyl (C=O) groups excluding carboxylic acids is 1. The molecule has 0 saturated heterocycles. The fourth-order valence-corrected chi connectivity index (χ4v) is 2.77. The van der Waals surface area contributed by atoms with Gasteiger partial charge in [-0.15, -0.1) is 0 Å². The van der Waals surface area contributed by atoms with Crippen LogP contribution in [-0.4, -0.2) is 16.8 Å². The molecule has 0 aromatic heterocycles. The summed E-state index contributed by atoms with van der Waals surface area (Å²) < 4.78 is 0. The molecule has 112 valence electrons. The second-order valence-electron chi connectivity index (χ2n) is 5.55. The molecule has 0 aliphatic heterocycles. The van der Waals surface area contributed by atoms with Crippen LogP contribution in [0.5, 0.6) is 0 Å². The van der Waals surface area contributed by atoms with E-state index in [2.05, 4.69) is 16.5 Å². The van der Waals surface area contributed by atoms with Gasteiger partial charge in [0.15, 0.2) is 0 Å². The topological polar surface area (TPSA) is 61.7 Å². The van der Waals surface area contributed by atoms with E-state index in [1.54, 1.807) is 19.1 Å². The summed E-state index contributed by atoms with van der Waals surface area (Å²) in [6, 6.07) is 13.2. The molecule has 1 aliphatic rings. The Balaban J connectivity index is 1.74. The molecule has 22 heavy (non-hydrogen) atoms. The second kappa shape index (κ2) is 6.02. The maximum absolute atomic E-state index is 12.3. The highest BCUT2D eigenvalue weighted by Gasteiger charge is 2.14. The SMILES string of the molecule is C/C(=N\O)c1ccc(NC(=O)c2ccc3c(c2)CCC3)cc1. The predicted molar refractivity (Wildman–Crippen MR) is 86.9 cm³/mol. The van der Waals surface area contributed by atoms with E-state index < -0.39 is 0 Å². The maximum atomic E-state index is 12.3. The number of fused-ring (bicyclic) bond motifs is 1. The molecule has 1 amide bonds. The highest BCUT2D eigenvalue weighted by Crippen LogP contribution is 2.23. The van der Waals surface area contributed by atoms with Crippen molar-refractivity contribution in [3.63, 3.8) is 0 Å². The average molecular weight is 294 g/mol. The van der Waals surface area contributed by atoms with Gasteiger partial charge in [-0.1, -0.05) is 23.4 Å². The number of nitrogens with zero attached hydrogens (tertiary/aromatic N) is 1. The first-order valence-electron chi connectivity index (χ1n) is 7.39. The molecule has 0 spiro atoms. The third kappa shape index (κ3) is 2.86. The Hall–Kier alpha value is -2.62. The normalized spacial score (nSPS) is 13.8. The molecule has 0 bridgehead atoms. The minimum atomic E-state index is -0.102. The number of benzene rings is 2. The smallest absolute Gasteiger partial charge is 0.255 e. The van der Waals surface area contributed by atoms with Crippen LogP contribution in [-0.2, 0) is 12.8 Å². The Morgan fingerprint density at radius 3 is 2.45 bits per heavy atom. The van der Waals surface area contributed by atoms with Gasteiger partial charge in [-0.05, 0) is 67.1 Å². The molecule has 3 rings (SSSR count). The van der Waals surface area contributed by atoms with E-state index in [0.717, 1.165) is 24.1 Å². The van der Waals surface area contributed by atoms with Crippen LogP contribution >= 0.6 is 0 Å². The van der Waals surface area contributed by atoms with Crippen LogP contribution in [0.3, 0.4) is 0 Å². The lowest BCUT2D eigenvalue weighted by molar-refractivity contribution is 0.102. The number of amides is 1. The molecule has 0 atom stereocenters. The number of carbonyl (C=O) groups is 1. The van der Waals surface area contributed by atoms with E-state index in [4.69, 9.17) is 5.21 Å². The van der Waals surface area contributed by atoms with Crippen LogP contribution in [0, 0.1) is 0 Å². The monoisotopic (exact) mass is 294 g/mol. The molecule has 2 aromatic carbocycles. The summed E-state index contributed by atoms with van der Waals surface area (Å²) in [4.78, 5) is 12.3. The van der Waals surface area contributed by atoms with Gasteiger partial charge in [0.25, 0.3) is 5.91 Å². The first kappa shape index (κ1) is 14.3. The summed E-state index contributed by atoms with van der Waals surface area (Å²) in [5.41, 5.74) is 5.42. The van der Waals surface area contributed by atoms with Crippen molar-refractivity contribution in [2.45, 2.75) is 26.2 Å². The van der Waals surface area contributed by atoms with Crippen LogP contribution < -0.4 is 5.32 Å². The molecule has 0 unspecified atom stereocenters. The summed E-state index contributed by atoms with van der Waals surface area (Å²) in [6.45, 7) is 1.72. The third-order valence-corrected chi connectivity index (χ3v) is 4.07. The van der Waals surface area contributed by atoms with Gasteiger partial charge in [0.05, 0.1) is 5.71 Å². The summed E-state index contributed by atoms with van der Waals surface area (Å²) in [5, 5.41) is 14.8. The third-order valence-electron chi connectivity index (χ3n) is 4.07. The maximum Gasteiger partial charge on any atom is 0.255 e. The lowest BCUT2D eigenvalue weighted by Crippen LogP contribution is -2.12. The van der Waals surface area contributed by atoms with Crippen LogP contribution in [0.1, 0.15) is 40.4 Å². The molecule has 0 fully saturated rings. The fraction of sp³-hybridized carbons (Fsp3) is 0.222. The molecule has 4 heteroatoms. The number of anilines is 1. The largest absolute Gasteiger partial charge is 0.411 e. The van der Waals surface area contributed by atoms with Crippen LogP contribution in [0.2, 0.25) is 0 Å². The van der Waals surface area contributed by atoms with Gasteiger partial charge in [0, 0.05) is 11.3 Å². The zero-order chi connectivity index (χ0) is 15.5. The van der Waals surface area contributed by atoms with E-state index in [1.807, 2.05) is 24.3 Å². The predicted octanol–water partition coefficient (Wildman–Crippen LogP) is 3.63. The Morgan fingerprint density at radius 2 is 1.73 bits per heavy atom. The highest BCUT2D eigenvalue weighted by atomic mass is 16.4. The van der Waals surface area contributed by atoms with Gasteiger partial charge in [-0.3, -0.25) is 4.79 Å². The Bertz CT molecular complexity index is 733. The van der Waals surface area contributed by atoms with Gasteiger partial charge in [-0.2, -0.15) is 0 Å². The number of oxime groups is 1. The summed E-state index contributed by atoms with van der Waals surface area (Å²) in [5.74, 6) is -0.102. The average Bonchev–Trinajstić information content (AvgIpc) is 3.02. The standard InChI is InChI=1S/C18H18N2O2/c1-12(20-22)13-7-9-17(10-8-13)19-18(21)16-6-5-14-3-2-4-15(14)11-16/h5-11,22H,2-4H2,1H3,(H,19,21)/b20-12+. The van der Waals surface area contributed by atoms with Crippen molar-refractivity contribution in [2.75, 3.05) is 5.32 Å². The first-order chi connectivity index (χ1) is 10.7. The highest BCUT2D eigenvalue weighted by molar-refractivity contribution is 6.05. The van der Waals surface area contributed by atoms with Crippen LogP contribution in [0.4, 0.5) is 5.69 Å². The van der Waals surface area contributed by atoms with Crippen molar-refractivity contribution in [3.8, 4) is 0 Å². The molecule has 1 aliphatic carbocycles. The fourth-order valence-electron chi connectivity index (χ4n) is 2.77. The molecule has 4 nitrogen and oxygen atoms in total. The molecule has 0 saturated carbocycles. The van der Waals surface area contributed by atoms with E-state index in [-0.39, 0.29) is 5.91 Å². The van der Waals surface area contributed by atoms with E-state index in [9.17, 15) is 4.79 Å². The molecule has 2 aromatic rings. The van der Waals surface area contributed by atoms with Gasteiger partial charge in [0.2, 0.25) is 0 Å². The number of rotatable bonds is 3. The number of hydrogen-bond donors (Lipinski definition) is 2. The molecule has 0 radical (unpaired) electrons. The van der Waals surface area contributed by atoms with Crippen molar-refractivity contribution in [3.05, 3.63) is 64.7 Å². The second-order valence-corrected chi connectivity index (χ2v) is 5.55. The molecule has 2 N–H and O–H groups in total. The first-order valence-corrected chi connectivity index (χ1v) is 7.39. The number of hydrogen-bond acceptors (Lipinski definition) is 3. The minimum absolute atomic E-state index is 0.102. The van der Waals surface area contributed by atoms with Crippen molar-refractivity contribution in [1.82, 2.24) is 0 Å². The Morgan fingerprint density at radius 1 is 1.05 bits per heavy atom.